The highest BCUT2D eigenvalue weighted by Crippen LogP contribution is 2.24. The Labute approximate surface area is 177 Å². The second kappa shape index (κ2) is 8.24. The van der Waals surface area contributed by atoms with Crippen LogP contribution in [0.2, 0.25) is 0 Å². The Morgan fingerprint density at radius 2 is 2.06 bits per heavy atom. The van der Waals surface area contributed by atoms with Crippen LogP contribution < -0.4 is 16.6 Å². The number of nitrogens with zero attached hydrogens (tertiary/aromatic N) is 4. The van der Waals surface area contributed by atoms with Gasteiger partial charge in [0.25, 0.3) is 5.56 Å². The number of pyridine rings is 2. The molecule has 3 N–H and O–H groups in total. The van der Waals surface area contributed by atoms with E-state index in [1.807, 2.05) is 43.3 Å². The van der Waals surface area contributed by atoms with Crippen molar-refractivity contribution >= 4 is 17.2 Å². The molecule has 31 heavy (non-hydrogen) atoms. The average molecular weight is 414 g/mol. The Kier molecular flexibility index (Phi) is 5.33. The number of hydrogen-bond donors (Lipinski definition) is 2. The third-order valence-electron chi connectivity index (χ3n) is 5.00. The number of benzene rings is 1. The van der Waals surface area contributed by atoms with Gasteiger partial charge in [-0.15, -0.1) is 0 Å². The van der Waals surface area contributed by atoms with Crippen LogP contribution in [0.3, 0.4) is 0 Å². The third-order valence-corrected chi connectivity index (χ3v) is 5.00. The van der Waals surface area contributed by atoms with Gasteiger partial charge in [-0.3, -0.25) is 9.20 Å². The van der Waals surface area contributed by atoms with Crippen LogP contribution in [0.1, 0.15) is 16.7 Å². The van der Waals surface area contributed by atoms with Crippen molar-refractivity contribution in [1.82, 2.24) is 14.4 Å². The third kappa shape index (κ3) is 3.94. The predicted molar refractivity (Wildman–Crippen MR) is 117 cm³/mol. The topological polar surface area (TPSA) is 109 Å². The lowest BCUT2D eigenvalue weighted by Crippen LogP contribution is -2.20. The molecule has 0 aliphatic heterocycles. The van der Waals surface area contributed by atoms with E-state index in [9.17, 15) is 14.4 Å². The molecule has 0 aliphatic carbocycles. The number of aromatic nitrogens is 3. The minimum atomic E-state index is -0.482. The van der Waals surface area contributed by atoms with Gasteiger partial charge in [0, 0.05) is 18.3 Å². The number of nitriles is 1. The maximum atomic E-state index is 13.8. The second-order valence-electron chi connectivity index (χ2n) is 7.13. The monoisotopic (exact) mass is 414 g/mol. The molecule has 0 fully saturated rings. The van der Waals surface area contributed by atoms with Crippen LogP contribution >= 0.6 is 0 Å². The summed E-state index contributed by atoms with van der Waals surface area (Å²) in [4.78, 5) is 21.2. The molecular formula is C23H19FN6O. The second-order valence-corrected chi connectivity index (χ2v) is 7.13. The number of aryl methyl sites for hydroxylation is 1. The molecule has 3 aromatic heterocycles. The Morgan fingerprint density at radius 3 is 2.84 bits per heavy atom. The molecule has 0 aliphatic rings. The number of rotatable bonds is 5. The normalized spacial score (nSPS) is 10.7. The molecule has 0 bridgehead atoms. The lowest BCUT2D eigenvalue weighted by Gasteiger charge is -2.14. The van der Waals surface area contributed by atoms with Crippen LogP contribution in [0.4, 0.5) is 16.0 Å². The first kappa shape index (κ1) is 20.0. The summed E-state index contributed by atoms with van der Waals surface area (Å²) in [5.41, 5.74) is 9.31. The maximum absolute atomic E-state index is 13.8. The highest BCUT2D eigenvalue weighted by Gasteiger charge is 2.15. The van der Waals surface area contributed by atoms with Crippen molar-refractivity contribution in [1.29, 1.82) is 5.26 Å². The van der Waals surface area contributed by atoms with E-state index in [1.165, 1.54) is 23.0 Å². The molecule has 0 saturated carbocycles. The summed E-state index contributed by atoms with van der Waals surface area (Å²) in [6.45, 7) is 2.35. The molecule has 3 heterocycles. The van der Waals surface area contributed by atoms with Gasteiger partial charge in [0.15, 0.2) is 0 Å². The first-order chi connectivity index (χ1) is 15.0. The quantitative estimate of drug-likeness (QED) is 0.519. The largest absolute Gasteiger partial charge is 0.382 e. The van der Waals surface area contributed by atoms with Gasteiger partial charge in [0.2, 0.25) is 0 Å². The first-order valence-corrected chi connectivity index (χ1v) is 9.63. The number of nitrogens with one attached hydrogen (secondary N) is 1. The molecular weight excluding hydrogens is 395 g/mol. The summed E-state index contributed by atoms with van der Waals surface area (Å²) in [7, 11) is 0. The van der Waals surface area contributed by atoms with Gasteiger partial charge in [0.1, 0.15) is 35.4 Å². The minimum Gasteiger partial charge on any atom is -0.382 e. The lowest BCUT2D eigenvalue weighted by atomic mass is 9.97. The molecule has 0 unspecified atom stereocenters. The van der Waals surface area contributed by atoms with Crippen LogP contribution in [0.5, 0.6) is 0 Å². The van der Waals surface area contributed by atoms with Gasteiger partial charge in [0.05, 0.1) is 5.56 Å². The van der Waals surface area contributed by atoms with Gasteiger partial charge >= 0.3 is 0 Å². The standard InChI is InChI=1S/C23H19FN6O/c1-14-3-2-4-15(9-14)20-16(10-18-6-5-17(24)12-30(18)23(20)31)7-8-27-22-19(11-25)21(26)28-13-29-22/h2-6,9-10,12-13H,7-8H2,1H3,(H3,26,27,28,29). The summed E-state index contributed by atoms with van der Waals surface area (Å²) in [5, 5.41) is 12.4. The fourth-order valence-corrected chi connectivity index (χ4v) is 3.55. The van der Waals surface area contributed by atoms with E-state index in [0.29, 0.717) is 29.9 Å². The van der Waals surface area contributed by atoms with Crippen LogP contribution in [0, 0.1) is 24.1 Å². The van der Waals surface area contributed by atoms with E-state index < -0.39 is 5.82 Å². The highest BCUT2D eigenvalue weighted by molar-refractivity contribution is 5.71. The fourth-order valence-electron chi connectivity index (χ4n) is 3.55. The molecule has 4 rings (SSSR count). The summed E-state index contributed by atoms with van der Waals surface area (Å²) in [5.74, 6) is -0.0392. The highest BCUT2D eigenvalue weighted by atomic mass is 19.1. The summed E-state index contributed by atoms with van der Waals surface area (Å²) >= 11 is 0. The van der Waals surface area contributed by atoms with Crippen molar-refractivity contribution in [2.75, 3.05) is 17.6 Å². The van der Waals surface area contributed by atoms with Crippen molar-refractivity contribution < 1.29 is 4.39 Å². The van der Waals surface area contributed by atoms with Crippen LogP contribution in [-0.2, 0) is 6.42 Å². The zero-order valence-electron chi connectivity index (χ0n) is 16.8. The number of halogens is 1. The smallest absolute Gasteiger partial charge is 0.263 e. The zero-order valence-corrected chi connectivity index (χ0v) is 16.8. The first-order valence-electron chi connectivity index (χ1n) is 9.63. The SMILES string of the molecule is Cc1cccc(-c2c(CCNc3ncnc(N)c3C#N)cc3ccc(F)cn3c2=O)c1. The molecule has 0 radical (unpaired) electrons. The van der Waals surface area contributed by atoms with Crippen molar-refractivity contribution in [3.05, 3.63) is 87.9 Å². The van der Waals surface area contributed by atoms with E-state index in [4.69, 9.17) is 5.73 Å². The van der Waals surface area contributed by atoms with Crippen molar-refractivity contribution in [3.63, 3.8) is 0 Å². The van der Waals surface area contributed by atoms with Crippen molar-refractivity contribution in [3.8, 4) is 17.2 Å². The van der Waals surface area contributed by atoms with Gasteiger partial charge in [-0.2, -0.15) is 5.26 Å². The van der Waals surface area contributed by atoms with Crippen LogP contribution in [0.15, 0.2) is 59.8 Å². The van der Waals surface area contributed by atoms with Gasteiger partial charge in [-0.05, 0) is 42.7 Å². The van der Waals surface area contributed by atoms with E-state index in [1.54, 1.807) is 6.07 Å². The zero-order chi connectivity index (χ0) is 22.0. The maximum Gasteiger partial charge on any atom is 0.263 e. The van der Waals surface area contributed by atoms with Crippen LogP contribution in [-0.4, -0.2) is 20.9 Å². The summed E-state index contributed by atoms with van der Waals surface area (Å²) in [6, 6.07) is 14.4. The minimum absolute atomic E-state index is 0.103. The lowest BCUT2D eigenvalue weighted by molar-refractivity contribution is 0.618. The number of nitrogen functional groups attached to an aromatic ring is 1. The van der Waals surface area contributed by atoms with Crippen molar-refractivity contribution in [2.45, 2.75) is 13.3 Å². The summed E-state index contributed by atoms with van der Waals surface area (Å²) in [6.07, 6.45) is 2.96. The number of anilines is 2. The molecule has 0 spiro atoms. The fraction of sp³-hybridized carbons (Fsp3) is 0.130. The van der Waals surface area contributed by atoms with Gasteiger partial charge < -0.3 is 11.1 Å². The van der Waals surface area contributed by atoms with E-state index >= 15 is 0 Å². The van der Waals surface area contributed by atoms with Gasteiger partial charge in [-0.1, -0.05) is 29.8 Å². The van der Waals surface area contributed by atoms with Gasteiger partial charge in [-0.25, -0.2) is 14.4 Å². The van der Waals surface area contributed by atoms with E-state index in [2.05, 4.69) is 15.3 Å². The molecule has 7 nitrogen and oxygen atoms in total. The average Bonchev–Trinajstić information content (AvgIpc) is 2.74. The molecule has 4 aromatic rings. The molecule has 8 heteroatoms. The number of nitrogens with two attached hydrogens (primary N) is 1. The molecule has 0 atom stereocenters. The molecule has 154 valence electrons. The van der Waals surface area contributed by atoms with E-state index in [-0.39, 0.29) is 16.9 Å². The Bertz CT molecular complexity index is 1390. The van der Waals surface area contributed by atoms with Crippen molar-refractivity contribution in [2.24, 2.45) is 0 Å². The molecule has 1 aromatic carbocycles. The number of hydrogen-bond acceptors (Lipinski definition) is 6. The Morgan fingerprint density at radius 1 is 1.23 bits per heavy atom. The Hall–Kier alpha value is -4.25. The summed E-state index contributed by atoms with van der Waals surface area (Å²) < 4.78 is 15.1. The Balaban J connectivity index is 1.75. The number of fused-ring (bicyclic) bond motifs is 1. The van der Waals surface area contributed by atoms with Crippen LogP contribution in [0.25, 0.3) is 16.6 Å². The predicted octanol–water partition coefficient (Wildman–Crippen LogP) is 3.31. The molecule has 0 amide bonds. The van der Waals surface area contributed by atoms with E-state index in [0.717, 1.165) is 16.7 Å². The molecule has 0 saturated heterocycles.